The fourth-order valence-corrected chi connectivity index (χ4v) is 4.43. The predicted octanol–water partition coefficient (Wildman–Crippen LogP) is 2.79. The third kappa shape index (κ3) is 4.26. The van der Waals surface area contributed by atoms with Crippen LogP contribution in [-0.4, -0.2) is 44.2 Å². The summed E-state index contributed by atoms with van der Waals surface area (Å²) in [4.78, 5) is 24.1. The number of hydrogen-bond donors (Lipinski definition) is 0. The smallest absolute Gasteiger partial charge is 0.338 e. The lowest BCUT2D eigenvalue weighted by atomic mass is 10.1. The zero-order valence-corrected chi connectivity index (χ0v) is 15.5. The van der Waals surface area contributed by atoms with Gasteiger partial charge in [0.05, 0.1) is 16.0 Å². The van der Waals surface area contributed by atoms with Crippen LogP contribution in [0.15, 0.2) is 47.4 Å². The number of carbonyl (C=O) groups is 2. The van der Waals surface area contributed by atoms with Gasteiger partial charge in [-0.1, -0.05) is 6.07 Å². The van der Waals surface area contributed by atoms with Crippen molar-refractivity contribution in [2.45, 2.75) is 17.7 Å². The van der Waals surface area contributed by atoms with Gasteiger partial charge in [-0.2, -0.15) is 4.31 Å². The minimum Gasteiger partial charge on any atom is -0.454 e. The molecule has 1 saturated heterocycles. The van der Waals surface area contributed by atoms with Crippen molar-refractivity contribution < 1.29 is 31.5 Å². The maximum atomic E-state index is 13.6. The van der Waals surface area contributed by atoms with E-state index in [0.29, 0.717) is 13.1 Å². The number of esters is 1. The molecular formula is C19H17F2NO5S. The van der Waals surface area contributed by atoms with Gasteiger partial charge in [0, 0.05) is 13.1 Å². The molecule has 28 heavy (non-hydrogen) atoms. The van der Waals surface area contributed by atoms with Gasteiger partial charge in [0.15, 0.2) is 6.61 Å². The van der Waals surface area contributed by atoms with E-state index < -0.39 is 45.6 Å². The lowest BCUT2D eigenvalue weighted by molar-refractivity contribution is 0.0473. The van der Waals surface area contributed by atoms with Crippen molar-refractivity contribution in [1.29, 1.82) is 0 Å². The van der Waals surface area contributed by atoms with Crippen LogP contribution in [0.25, 0.3) is 0 Å². The quantitative estimate of drug-likeness (QED) is 0.541. The molecule has 6 nitrogen and oxygen atoms in total. The summed E-state index contributed by atoms with van der Waals surface area (Å²) in [6.45, 7) is 0.0394. The lowest BCUT2D eigenvalue weighted by Crippen LogP contribution is -2.28. The molecule has 148 valence electrons. The Morgan fingerprint density at radius 2 is 1.75 bits per heavy atom. The monoisotopic (exact) mass is 409 g/mol. The standard InChI is InChI=1S/C19H17F2NO5S/c20-14-6-7-17(21)16(11-14)18(23)12-27-19(24)13-4-3-5-15(10-13)28(25,26)22-8-1-2-9-22/h3-7,10-11H,1-2,8-9,12H2. The summed E-state index contributed by atoms with van der Waals surface area (Å²) in [6.07, 6.45) is 1.55. The van der Waals surface area contributed by atoms with Crippen molar-refractivity contribution in [2.24, 2.45) is 0 Å². The first-order chi connectivity index (χ1) is 13.3. The number of ketones is 1. The van der Waals surface area contributed by atoms with Crippen LogP contribution in [0, 0.1) is 11.6 Å². The highest BCUT2D eigenvalue weighted by Crippen LogP contribution is 2.22. The molecule has 1 heterocycles. The van der Waals surface area contributed by atoms with Crippen LogP contribution in [0.3, 0.4) is 0 Å². The van der Waals surface area contributed by atoms with Crippen molar-refractivity contribution in [2.75, 3.05) is 19.7 Å². The van der Waals surface area contributed by atoms with Crippen molar-refractivity contribution in [3.05, 3.63) is 65.2 Å². The third-order valence-corrected chi connectivity index (χ3v) is 6.23. The zero-order valence-electron chi connectivity index (χ0n) is 14.7. The molecule has 0 saturated carbocycles. The Labute approximate surface area is 160 Å². The van der Waals surface area contributed by atoms with E-state index in [1.165, 1.54) is 28.6 Å². The molecule has 9 heteroatoms. The van der Waals surface area contributed by atoms with E-state index in [-0.39, 0.29) is 10.5 Å². The minimum absolute atomic E-state index is 0.0497. The zero-order chi connectivity index (χ0) is 20.3. The van der Waals surface area contributed by atoms with Gasteiger partial charge in [-0.3, -0.25) is 4.79 Å². The molecule has 0 spiro atoms. The van der Waals surface area contributed by atoms with Crippen LogP contribution in [0.2, 0.25) is 0 Å². The first-order valence-electron chi connectivity index (χ1n) is 8.54. The molecule has 1 aliphatic rings. The van der Waals surface area contributed by atoms with E-state index in [1.807, 2.05) is 0 Å². The number of nitrogens with zero attached hydrogens (tertiary/aromatic N) is 1. The Kier molecular flexibility index (Phi) is 5.85. The number of benzene rings is 2. The van der Waals surface area contributed by atoms with E-state index in [1.54, 1.807) is 0 Å². The van der Waals surface area contributed by atoms with E-state index in [2.05, 4.69) is 0 Å². The minimum atomic E-state index is -3.71. The number of Topliss-reactive ketones (excluding diaryl/α,β-unsaturated/α-hetero) is 1. The number of ether oxygens (including phenoxy) is 1. The molecule has 0 atom stereocenters. The second-order valence-corrected chi connectivity index (χ2v) is 8.20. The Morgan fingerprint density at radius 3 is 2.46 bits per heavy atom. The van der Waals surface area contributed by atoms with Gasteiger partial charge in [0.25, 0.3) is 0 Å². The molecule has 0 bridgehead atoms. The van der Waals surface area contributed by atoms with Crippen LogP contribution < -0.4 is 0 Å². The summed E-state index contributed by atoms with van der Waals surface area (Å²) < 4.78 is 58.1. The van der Waals surface area contributed by atoms with Crippen LogP contribution in [0.1, 0.15) is 33.6 Å². The topological polar surface area (TPSA) is 80.8 Å². The van der Waals surface area contributed by atoms with E-state index in [9.17, 15) is 26.8 Å². The van der Waals surface area contributed by atoms with E-state index >= 15 is 0 Å². The number of carbonyl (C=O) groups excluding carboxylic acids is 2. The van der Waals surface area contributed by atoms with Gasteiger partial charge >= 0.3 is 5.97 Å². The molecule has 1 fully saturated rings. The van der Waals surface area contributed by atoms with Gasteiger partial charge in [-0.15, -0.1) is 0 Å². The van der Waals surface area contributed by atoms with Gasteiger partial charge < -0.3 is 4.74 Å². The average Bonchev–Trinajstić information content (AvgIpc) is 3.23. The predicted molar refractivity (Wildman–Crippen MR) is 95.4 cm³/mol. The van der Waals surface area contributed by atoms with Gasteiger partial charge in [0.1, 0.15) is 11.6 Å². The molecular weight excluding hydrogens is 392 g/mol. The summed E-state index contributed by atoms with van der Waals surface area (Å²) in [7, 11) is -3.71. The van der Waals surface area contributed by atoms with Crippen molar-refractivity contribution in [3.8, 4) is 0 Å². The van der Waals surface area contributed by atoms with E-state index in [0.717, 1.165) is 31.0 Å². The SMILES string of the molecule is O=C(OCC(=O)c1cc(F)ccc1F)c1cccc(S(=O)(=O)N2CCCC2)c1. The number of hydrogen-bond acceptors (Lipinski definition) is 5. The van der Waals surface area contributed by atoms with Gasteiger partial charge in [0.2, 0.25) is 15.8 Å². The molecule has 2 aromatic carbocycles. The summed E-state index contributed by atoms with van der Waals surface area (Å²) in [5.74, 6) is -3.58. The number of rotatable bonds is 6. The van der Waals surface area contributed by atoms with Crippen LogP contribution >= 0.6 is 0 Å². The second kappa shape index (κ2) is 8.15. The Hall–Kier alpha value is -2.65. The summed E-state index contributed by atoms with van der Waals surface area (Å²) in [5.41, 5.74) is -0.592. The molecule has 2 aromatic rings. The molecule has 0 aromatic heterocycles. The Balaban J connectivity index is 1.71. The first-order valence-corrected chi connectivity index (χ1v) is 9.98. The third-order valence-electron chi connectivity index (χ3n) is 4.34. The molecule has 3 rings (SSSR count). The van der Waals surface area contributed by atoms with Crippen LogP contribution in [0.4, 0.5) is 8.78 Å². The Morgan fingerprint density at radius 1 is 1.04 bits per heavy atom. The maximum absolute atomic E-state index is 13.6. The fourth-order valence-electron chi connectivity index (χ4n) is 2.86. The summed E-state index contributed by atoms with van der Waals surface area (Å²) in [6, 6.07) is 7.67. The highest BCUT2D eigenvalue weighted by molar-refractivity contribution is 7.89. The molecule has 0 aliphatic carbocycles. The molecule has 0 unspecified atom stereocenters. The highest BCUT2D eigenvalue weighted by atomic mass is 32.2. The first kappa shape index (κ1) is 20.1. The maximum Gasteiger partial charge on any atom is 0.338 e. The molecule has 0 amide bonds. The second-order valence-electron chi connectivity index (χ2n) is 6.26. The number of sulfonamides is 1. The van der Waals surface area contributed by atoms with Crippen molar-refractivity contribution in [1.82, 2.24) is 4.31 Å². The number of halogens is 2. The Bertz CT molecular complexity index is 1020. The summed E-state index contributed by atoms with van der Waals surface area (Å²) >= 11 is 0. The molecule has 0 radical (unpaired) electrons. The fraction of sp³-hybridized carbons (Fsp3) is 0.263. The summed E-state index contributed by atoms with van der Waals surface area (Å²) in [5, 5.41) is 0. The van der Waals surface area contributed by atoms with Gasteiger partial charge in [-0.25, -0.2) is 22.0 Å². The lowest BCUT2D eigenvalue weighted by Gasteiger charge is -2.15. The van der Waals surface area contributed by atoms with Gasteiger partial charge in [-0.05, 0) is 49.2 Å². The molecule has 1 aliphatic heterocycles. The molecule has 0 N–H and O–H groups in total. The normalized spacial score (nSPS) is 14.8. The van der Waals surface area contributed by atoms with Crippen molar-refractivity contribution in [3.63, 3.8) is 0 Å². The highest BCUT2D eigenvalue weighted by Gasteiger charge is 2.28. The van der Waals surface area contributed by atoms with Crippen LogP contribution in [0.5, 0.6) is 0 Å². The average molecular weight is 409 g/mol. The van der Waals surface area contributed by atoms with Crippen LogP contribution in [-0.2, 0) is 14.8 Å². The largest absolute Gasteiger partial charge is 0.454 e. The van der Waals surface area contributed by atoms with Crippen molar-refractivity contribution >= 4 is 21.8 Å². The van der Waals surface area contributed by atoms with E-state index in [4.69, 9.17) is 4.74 Å².